The average Bonchev–Trinajstić information content (AvgIpc) is 2.48. The van der Waals surface area contributed by atoms with E-state index in [4.69, 9.17) is 0 Å². The first kappa shape index (κ1) is 17.6. The summed E-state index contributed by atoms with van der Waals surface area (Å²) in [5.41, 5.74) is 5.01. The van der Waals surface area contributed by atoms with Gasteiger partial charge < -0.3 is 5.32 Å². The molecule has 2 aromatic rings. The van der Waals surface area contributed by atoms with Crippen molar-refractivity contribution >= 4 is 49.7 Å². The van der Waals surface area contributed by atoms with Crippen LogP contribution in [0.5, 0.6) is 0 Å². The predicted octanol–water partition coefficient (Wildman–Crippen LogP) is 4.22. The van der Waals surface area contributed by atoms with Crippen molar-refractivity contribution in [2.45, 2.75) is 6.92 Å². The summed E-state index contributed by atoms with van der Waals surface area (Å²) >= 11 is 6.91. The quantitative estimate of drug-likeness (QED) is 0.538. The number of anilines is 1. The van der Waals surface area contributed by atoms with Gasteiger partial charge >= 0.3 is 0 Å². The lowest BCUT2D eigenvalue weighted by Crippen LogP contribution is -2.26. The van der Waals surface area contributed by atoms with Crippen molar-refractivity contribution in [3.05, 3.63) is 62.3 Å². The molecule has 0 heterocycles. The van der Waals surface area contributed by atoms with Gasteiger partial charge in [-0.2, -0.15) is 5.10 Å². The van der Waals surface area contributed by atoms with Crippen molar-refractivity contribution < 1.29 is 9.18 Å². The third-order valence-corrected chi connectivity index (χ3v) is 4.14. The minimum absolute atomic E-state index is 0.0705. The van der Waals surface area contributed by atoms with Gasteiger partial charge in [-0.05, 0) is 74.2 Å². The van der Waals surface area contributed by atoms with E-state index in [-0.39, 0.29) is 18.3 Å². The zero-order valence-corrected chi connectivity index (χ0v) is 15.4. The highest BCUT2D eigenvalue weighted by Crippen LogP contribution is 2.31. The van der Waals surface area contributed by atoms with E-state index in [0.717, 1.165) is 20.2 Å². The van der Waals surface area contributed by atoms with Crippen molar-refractivity contribution in [3.63, 3.8) is 0 Å². The Balaban J connectivity index is 1.87. The summed E-state index contributed by atoms with van der Waals surface area (Å²) in [5.74, 6) is -0.604. The molecule has 0 aliphatic heterocycles. The maximum atomic E-state index is 12.8. The van der Waals surface area contributed by atoms with Gasteiger partial charge in [0.15, 0.2) is 0 Å². The van der Waals surface area contributed by atoms with Crippen LogP contribution in [0, 0.1) is 12.7 Å². The lowest BCUT2D eigenvalue weighted by molar-refractivity contribution is -0.119. The van der Waals surface area contributed by atoms with Crippen molar-refractivity contribution in [2.75, 3.05) is 11.9 Å². The van der Waals surface area contributed by atoms with E-state index < -0.39 is 0 Å². The van der Waals surface area contributed by atoms with Crippen LogP contribution in [0.25, 0.3) is 0 Å². The molecule has 23 heavy (non-hydrogen) atoms. The summed E-state index contributed by atoms with van der Waals surface area (Å²) in [5, 5.41) is 6.87. The van der Waals surface area contributed by atoms with Crippen molar-refractivity contribution in [1.29, 1.82) is 0 Å². The summed E-state index contributed by atoms with van der Waals surface area (Å²) in [7, 11) is 0. The molecule has 0 spiro atoms. The van der Waals surface area contributed by atoms with Crippen LogP contribution in [0.3, 0.4) is 0 Å². The Hall–Kier alpha value is -1.73. The first-order chi connectivity index (χ1) is 11.0. The molecule has 0 aromatic heterocycles. The predicted molar refractivity (Wildman–Crippen MR) is 97.2 cm³/mol. The maximum Gasteiger partial charge on any atom is 0.259 e. The molecule has 0 unspecified atom stereocenters. The van der Waals surface area contributed by atoms with E-state index in [0.29, 0.717) is 5.56 Å². The van der Waals surface area contributed by atoms with E-state index in [2.05, 4.69) is 47.7 Å². The highest BCUT2D eigenvalue weighted by Gasteiger charge is 2.07. The van der Waals surface area contributed by atoms with E-state index >= 15 is 0 Å². The van der Waals surface area contributed by atoms with Gasteiger partial charge in [0.1, 0.15) is 5.82 Å². The molecule has 0 aliphatic carbocycles. The third-order valence-electron chi connectivity index (χ3n) is 2.89. The molecular formula is C16H14Br2FN3O. The molecule has 1 amide bonds. The van der Waals surface area contributed by atoms with E-state index in [9.17, 15) is 9.18 Å². The largest absolute Gasteiger partial charge is 0.374 e. The number of benzene rings is 2. The number of carbonyl (C=O) groups excluding carboxylic acids is 1. The molecule has 0 saturated heterocycles. The SMILES string of the molecule is Cc1cc(Br)c(NCC(=O)N/N=C\c2ccc(F)cc2)c(Br)c1. The molecule has 0 radical (unpaired) electrons. The van der Waals surface area contributed by atoms with Crippen molar-refractivity contribution in [3.8, 4) is 0 Å². The first-order valence-corrected chi connectivity index (χ1v) is 8.31. The van der Waals surface area contributed by atoms with Crippen LogP contribution < -0.4 is 10.7 Å². The minimum atomic E-state index is -0.315. The fourth-order valence-electron chi connectivity index (χ4n) is 1.80. The Morgan fingerprint density at radius 1 is 1.22 bits per heavy atom. The van der Waals surface area contributed by atoms with Gasteiger partial charge in [0.05, 0.1) is 18.4 Å². The van der Waals surface area contributed by atoms with Gasteiger partial charge in [-0.15, -0.1) is 0 Å². The zero-order chi connectivity index (χ0) is 16.8. The zero-order valence-electron chi connectivity index (χ0n) is 12.2. The Labute approximate surface area is 150 Å². The summed E-state index contributed by atoms with van der Waals surface area (Å²) in [6, 6.07) is 9.72. The molecule has 0 saturated carbocycles. The molecule has 0 fully saturated rings. The fourth-order valence-corrected chi connectivity index (χ4v) is 3.50. The summed E-state index contributed by atoms with van der Waals surface area (Å²) in [6.45, 7) is 2.05. The highest BCUT2D eigenvalue weighted by molar-refractivity contribution is 9.11. The first-order valence-electron chi connectivity index (χ1n) is 6.72. The molecule has 0 bridgehead atoms. The fraction of sp³-hybridized carbons (Fsp3) is 0.125. The molecule has 2 rings (SSSR count). The Morgan fingerprint density at radius 2 is 1.83 bits per heavy atom. The highest BCUT2D eigenvalue weighted by atomic mass is 79.9. The Morgan fingerprint density at radius 3 is 2.43 bits per heavy atom. The Kier molecular flexibility index (Phi) is 6.29. The smallest absolute Gasteiger partial charge is 0.259 e. The van der Waals surface area contributed by atoms with Crippen LogP contribution in [0.4, 0.5) is 10.1 Å². The van der Waals surface area contributed by atoms with Crippen LogP contribution in [0.1, 0.15) is 11.1 Å². The topological polar surface area (TPSA) is 53.5 Å². The lowest BCUT2D eigenvalue weighted by Gasteiger charge is -2.11. The van der Waals surface area contributed by atoms with Gasteiger partial charge in [0.2, 0.25) is 0 Å². The number of hydrazone groups is 1. The van der Waals surface area contributed by atoms with Crippen molar-refractivity contribution in [2.24, 2.45) is 5.10 Å². The van der Waals surface area contributed by atoms with E-state index in [1.165, 1.54) is 18.3 Å². The lowest BCUT2D eigenvalue weighted by atomic mass is 10.2. The van der Waals surface area contributed by atoms with Crippen LogP contribution >= 0.6 is 31.9 Å². The molecule has 0 aliphatic rings. The van der Waals surface area contributed by atoms with Crippen molar-refractivity contribution in [1.82, 2.24) is 5.43 Å². The number of carbonyl (C=O) groups is 1. The summed E-state index contributed by atoms with van der Waals surface area (Å²) < 4.78 is 14.5. The number of nitrogens with one attached hydrogen (secondary N) is 2. The second-order valence-electron chi connectivity index (χ2n) is 4.80. The van der Waals surface area contributed by atoms with Crippen LogP contribution in [0.15, 0.2) is 50.4 Å². The number of rotatable bonds is 5. The van der Waals surface area contributed by atoms with Crippen LogP contribution in [0.2, 0.25) is 0 Å². The molecule has 7 heteroatoms. The second-order valence-corrected chi connectivity index (χ2v) is 6.51. The second kappa shape index (κ2) is 8.21. The van der Waals surface area contributed by atoms with Crippen LogP contribution in [-0.2, 0) is 4.79 Å². The molecule has 0 atom stereocenters. The summed E-state index contributed by atoms with van der Waals surface area (Å²) in [4.78, 5) is 11.8. The minimum Gasteiger partial charge on any atom is -0.374 e. The number of amides is 1. The van der Waals surface area contributed by atoms with Gasteiger partial charge in [0, 0.05) is 8.95 Å². The normalized spacial score (nSPS) is 10.8. The van der Waals surface area contributed by atoms with Gasteiger partial charge in [-0.25, -0.2) is 9.82 Å². The molecular weight excluding hydrogens is 429 g/mol. The number of nitrogens with zero attached hydrogens (tertiary/aromatic N) is 1. The number of aryl methyl sites for hydroxylation is 1. The monoisotopic (exact) mass is 441 g/mol. The van der Waals surface area contributed by atoms with Gasteiger partial charge in [0.25, 0.3) is 5.91 Å². The summed E-state index contributed by atoms with van der Waals surface area (Å²) in [6.07, 6.45) is 1.45. The standard InChI is InChI=1S/C16H14Br2FN3O/c1-10-6-13(17)16(14(18)7-10)20-9-15(23)22-21-8-11-2-4-12(19)5-3-11/h2-8,20H,9H2,1H3,(H,22,23)/b21-8-. The Bertz CT molecular complexity index is 710. The average molecular weight is 443 g/mol. The van der Waals surface area contributed by atoms with E-state index in [1.807, 2.05) is 19.1 Å². The van der Waals surface area contributed by atoms with Crippen LogP contribution in [-0.4, -0.2) is 18.7 Å². The van der Waals surface area contributed by atoms with E-state index in [1.54, 1.807) is 12.1 Å². The van der Waals surface area contributed by atoms with Gasteiger partial charge in [-0.3, -0.25) is 4.79 Å². The third kappa shape index (κ3) is 5.44. The molecule has 2 N–H and O–H groups in total. The maximum absolute atomic E-state index is 12.8. The molecule has 4 nitrogen and oxygen atoms in total. The number of hydrogen-bond donors (Lipinski definition) is 2. The van der Waals surface area contributed by atoms with Gasteiger partial charge in [-0.1, -0.05) is 12.1 Å². The molecule has 120 valence electrons. The molecule has 2 aromatic carbocycles. The number of hydrogen-bond acceptors (Lipinski definition) is 3. The number of halogens is 3.